The van der Waals surface area contributed by atoms with E-state index in [0.717, 1.165) is 6.07 Å². The minimum atomic E-state index is -0.620. The first-order chi connectivity index (χ1) is 12.9. The van der Waals surface area contributed by atoms with Crippen LogP contribution in [0.3, 0.4) is 0 Å². The predicted octanol–water partition coefficient (Wildman–Crippen LogP) is 3.73. The smallest absolute Gasteiger partial charge is 0.228 e. The first-order valence-electron chi connectivity index (χ1n) is 9.31. The summed E-state index contributed by atoms with van der Waals surface area (Å²) in [6.07, 6.45) is 4.78. The number of nitrogens with zero attached hydrogens (tertiary/aromatic N) is 4. The van der Waals surface area contributed by atoms with Crippen molar-refractivity contribution in [1.29, 1.82) is 0 Å². The molecule has 0 bridgehead atoms. The van der Waals surface area contributed by atoms with Crippen LogP contribution in [0.2, 0.25) is 5.15 Å². The average molecular weight is 392 g/mol. The Hall–Kier alpha value is -2.22. The molecule has 2 heterocycles. The molecule has 0 aliphatic heterocycles. The van der Waals surface area contributed by atoms with E-state index in [9.17, 15) is 4.39 Å². The predicted molar refractivity (Wildman–Crippen MR) is 104 cm³/mol. The van der Waals surface area contributed by atoms with Crippen molar-refractivity contribution in [3.63, 3.8) is 0 Å². The van der Waals surface area contributed by atoms with Crippen LogP contribution in [0.5, 0.6) is 0 Å². The molecule has 2 fully saturated rings. The van der Waals surface area contributed by atoms with Crippen LogP contribution in [0, 0.1) is 17.7 Å². The fourth-order valence-corrected chi connectivity index (χ4v) is 3.22. The molecule has 2 aliphatic rings. The van der Waals surface area contributed by atoms with Gasteiger partial charge in [-0.1, -0.05) is 11.6 Å². The van der Waals surface area contributed by atoms with Gasteiger partial charge in [0.2, 0.25) is 11.9 Å². The van der Waals surface area contributed by atoms with Crippen molar-refractivity contribution in [1.82, 2.24) is 19.9 Å². The molecule has 2 unspecified atom stereocenters. The molecule has 2 saturated carbocycles. The SMILES string of the molecule is CC(Nc1nc(NC(C)C2CC2)nc(-c2nc(Cl)c(N)cc2F)n1)C1CC1. The number of anilines is 3. The van der Waals surface area contributed by atoms with Crippen LogP contribution in [0.4, 0.5) is 22.0 Å². The second kappa shape index (κ2) is 7.07. The fourth-order valence-electron chi connectivity index (χ4n) is 3.08. The highest BCUT2D eigenvalue weighted by Crippen LogP contribution is 2.35. The summed E-state index contributed by atoms with van der Waals surface area (Å²) in [5.41, 5.74) is 5.66. The molecule has 2 aromatic heterocycles. The number of nitrogen functional groups attached to an aromatic ring is 1. The molecule has 2 atom stereocenters. The zero-order valence-corrected chi connectivity index (χ0v) is 16.1. The highest BCUT2D eigenvalue weighted by Gasteiger charge is 2.30. The highest BCUT2D eigenvalue weighted by atomic mass is 35.5. The monoisotopic (exact) mass is 391 g/mol. The van der Waals surface area contributed by atoms with Gasteiger partial charge in [0.25, 0.3) is 0 Å². The summed E-state index contributed by atoms with van der Waals surface area (Å²) in [6, 6.07) is 1.61. The third-order valence-electron chi connectivity index (χ3n) is 5.18. The van der Waals surface area contributed by atoms with Gasteiger partial charge in [0.15, 0.2) is 16.8 Å². The topological polar surface area (TPSA) is 102 Å². The van der Waals surface area contributed by atoms with Crippen molar-refractivity contribution in [2.24, 2.45) is 11.8 Å². The molecular formula is C18H23ClFN7. The molecule has 144 valence electrons. The maximum atomic E-state index is 14.4. The standard InChI is InChI=1S/C18H23ClFN7/c1-8(10-3-4-10)22-17-25-16(14-12(20)7-13(21)15(19)24-14)26-18(27-17)23-9(2)11-5-6-11/h7-11H,3-6,21H2,1-2H3,(H2,22,23,25,26,27). The van der Waals surface area contributed by atoms with E-state index < -0.39 is 5.82 Å². The van der Waals surface area contributed by atoms with Gasteiger partial charge in [-0.2, -0.15) is 15.0 Å². The van der Waals surface area contributed by atoms with Crippen LogP contribution in [-0.2, 0) is 0 Å². The Morgan fingerprint density at radius 2 is 1.52 bits per heavy atom. The molecule has 2 aliphatic carbocycles. The maximum Gasteiger partial charge on any atom is 0.228 e. The minimum absolute atomic E-state index is 0.0218. The van der Waals surface area contributed by atoms with Gasteiger partial charge in [0.05, 0.1) is 5.69 Å². The van der Waals surface area contributed by atoms with Crippen LogP contribution >= 0.6 is 11.6 Å². The quantitative estimate of drug-likeness (QED) is 0.618. The largest absolute Gasteiger partial charge is 0.396 e. The normalized spacial score (nSPS) is 18.8. The van der Waals surface area contributed by atoms with Crippen LogP contribution in [0.1, 0.15) is 39.5 Å². The van der Waals surface area contributed by atoms with Crippen molar-refractivity contribution in [3.05, 3.63) is 17.0 Å². The summed E-state index contributed by atoms with van der Waals surface area (Å²) in [4.78, 5) is 17.3. The molecule has 0 aromatic carbocycles. The second-order valence-electron chi connectivity index (χ2n) is 7.55. The summed E-state index contributed by atoms with van der Waals surface area (Å²) in [7, 11) is 0. The summed E-state index contributed by atoms with van der Waals surface area (Å²) in [6.45, 7) is 4.19. The number of hydrogen-bond acceptors (Lipinski definition) is 7. The molecule has 4 N–H and O–H groups in total. The van der Waals surface area contributed by atoms with Gasteiger partial charge in [-0.3, -0.25) is 0 Å². The lowest BCUT2D eigenvalue weighted by atomic mass is 10.2. The van der Waals surface area contributed by atoms with Crippen LogP contribution in [0.15, 0.2) is 6.07 Å². The lowest BCUT2D eigenvalue weighted by Crippen LogP contribution is -2.23. The van der Waals surface area contributed by atoms with Crippen molar-refractivity contribution in [2.75, 3.05) is 16.4 Å². The van der Waals surface area contributed by atoms with E-state index in [0.29, 0.717) is 23.7 Å². The molecule has 27 heavy (non-hydrogen) atoms. The third-order valence-corrected chi connectivity index (χ3v) is 5.48. The lowest BCUT2D eigenvalue weighted by Gasteiger charge is -2.17. The van der Waals surface area contributed by atoms with Gasteiger partial charge in [-0.25, -0.2) is 9.37 Å². The first-order valence-corrected chi connectivity index (χ1v) is 9.69. The van der Waals surface area contributed by atoms with E-state index in [4.69, 9.17) is 17.3 Å². The van der Waals surface area contributed by atoms with E-state index in [2.05, 4.69) is 44.4 Å². The first kappa shape index (κ1) is 18.2. The van der Waals surface area contributed by atoms with Crippen molar-refractivity contribution < 1.29 is 4.39 Å². The number of nitrogens with two attached hydrogens (primary N) is 1. The number of nitrogens with one attached hydrogen (secondary N) is 2. The summed E-state index contributed by atoms with van der Waals surface area (Å²) in [5, 5.41) is 6.64. The Morgan fingerprint density at radius 3 is 2.00 bits per heavy atom. The van der Waals surface area contributed by atoms with Crippen molar-refractivity contribution in [2.45, 2.75) is 51.6 Å². The number of aromatic nitrogens is 4. The van der Waals surface area contributed by atoms with E-state index in [1.807, 2.05) is 0 Å². The molecule has 7 nitrogen and oxygen atoms in total. The highest BCUT2D eigenvalue weighted by molar-refractivity contribution is 6.31. The molecule has 0 amide bonds. The number of halogens is 2. The maximum absolute atomic E-state index is 14.4. The molecule has 2 aromatic rings. The van der Waals surface area contributed by atoms with Crippen molar-refractivity contribution >= 4 is 29.2 Å². The Balaban J connectivity index is 1.69. The zero-order valence-electron chi connectivity index (χ0n) is 15.3. The van der Waals surface area contributed by atoms with Crippen LogP contribution in [0.25, 0.3) is 11.5 Å². The van der Waals surface area contributed by atoms with Gasteiger partial charge < -0.3 is 16.4 Å². The average Bonchev–Trinajstić information content (AvgIpc) is 3.48. The Kier molecular flexibility index (Phi) is 4.75. The fraction of sp³-hybridized carbons (Fsp3) is 0.556. The number of hydrogen-bond donors (Lipinski definition) is 3. The molecule has 9 heteroatoms. The zero-order chi connectivity index (χ0) is 19.1. The molecule has 0 radical (unpaired) electrons. The van der Waals surface area contributed by atoms with Gasteiger partial charge in [0, 0.05) is 18.2 Å². The Morgan fingerprint density at radius 1 is 1.00 bits per heavy atom. The van der Waals surface area contributed by atoms with E-state index >= 15 is 0 Å². The Bertz CT molecular complexity index is 816. The van der Waals surface area contributed by atoms with Gasteiger partial charge in [-0.05, 0) is 51.4 Å². The van der Waals surface area contributed by atoms with Gasteiger partial charge >= 0.3 is 0 Å². The molecule has 0 spiro atoms. The van der Waals surface area contributed by atoms with Gasteiger partial charge in [0.1, 0.15) is 5.69 Å². The summed E-state index contributed by atoms with van der Waals surface area (Å²) < 4.78 is 14.4. The number of pyridine rings is 1. The molecule has 4 rings (SSSR count). The third kappa shape index (κ3) is 4.21. The second-order valence-corrected chi connectivity index (χ2v) is 7.90. The van der Waals surface area contributed by atoms with E-state index in [1.165, 1.54) is 25.7 Å². The minimum Gasteiger partial charge on any atom is -0.396 e. The summed E-state index contributed by atoms with van der Waals surface area (Å²) >= 11 is 5.98. The van der Waals surface area contributed by atoms with Crippen LogP contribution < -0.4 is 16.4 Å². The van der Waals surface area contributed by atoms with E-state index in [-0.39, 0.29) is 34.4 Å². The molecular weight excluding hydrogens is 369 g/mol. The molecule has 0 saturated heterocycles. The number of rotatable bonds is 7. The lowest BCUT2D eigenvalue weighted by molar-refractivity contribution is 0.624. The van der Waals surface area contributed by atoms with Gasteiger partial charge in [-0.15, -0.1) is 0 Å². The summed E-state index contributed by atoms with van der Waals surface area (Å²) in [5.74, 6) is 1.55. The van der Waals surface area contributed by atoms with Crippen molar-refractivity contribution in [3.8, 4) is 11.5 Å². The van der Waals surface area contributed by atoms with E-state index in [1.54, 1.807) is 0 Å². The Labute approximate surface area is 162 Å². The van der Waals surface area contributed by atoms with Crippen LogP contribution in [-0.4, -0.2) is 32.0 Å².